The summed E-state index contributed by atoms with van der Waals surface area (Å²) in [5.74, 6) is 0.869. The maximum absolute atomic E-state index is 5.72. The summed E-state index contributed by atoms with van der Waals surface area (Å²) in [4.78, 5) is 0. The smallest absolute Gasteiger partial charge is 0.145 e. The fraction of sp³-hybridized carbons (Fsp3) is 0.250. The Morgan fingerprint density at radius 3 is 2.92 bits per heavy atom. The van der Waals surface area contributed by atoms with Crippen LogP contribution in [0.4, 0.5) is 5.69 Å². The normalized spacial score (nSPS) is 13.1. The molecule has 1 heterocycles. The van der Waals surface area contributed by atoms with Gasteiger partial charge in [0.2, 0.25) is 0 Å². The van der Waals surface area contributed by atoms with Gasteiger partial charge in [0.1, 0.15) is 5.75 Å². The molecule has 12 heavy (non-hydrogen) atoms. The molecule has 0 fully saturated rings. The van der Waals surface area contributed by atoms with Gasteiger partial charge in [0.15, 0.2) is 0 Å². The first kappa shape index (κ1) is 9.68. The molecule has 4 heteroatoms. The summed E-state index contributed by atoms with van der Waals surface area (Å²) >= 11 is 3.38. The van der Waals surface area contributed by atoms with Crippen LogP contribution < -0.4 is 10.5 Å². The first-order valence-electron chi connectivity index (χ1n) is 3.48. The Morgan fingerprint density at radius 2 is 2.17 bits per heavy atom. The van der Waals surface area contributed by atoms with Crippen LogP contribution in [0.3, 0.4) is 0 Å². The number of fused-ring (bicyclic) bond motifs is 1. The van der Waals surface area contributed by atoms with Crippen molar-refractivity contribution in [1.82, 2.24) is 0 Å². The summed E-state index contributed by atoms with van der Waals surface area (Å²) in [7, 11) is 0. The van der Waals surface area contributed by atoms with Crippen LogP contribution in [0.15, 0.2) is 16.6 Å². The second-order valence-corrected chi connectivity index (χ2v) is 3.50. The van der Waals surface area contributed by atoms with E-state index in [9.17, 15) is 0 Å². The first-order valence-corrected chi connectivity index (χ1v) is 4.27. The Bertz CT molecular complexity index is 303. The van der Waals surface area contributed by atoms with Crippen molar-refractivity contribution in [3.63, 3.8) is 0 Å². The van der Waals surface area contributed by atoms with E-state index >= 15 is 0 Å². The SMILES string of the molecule is Cl.Nc1cc(Br)cc2c1OCC2. The van der Waals surface area contributed by atoms with E-state index in [0.29, 0.717) is 0 Å². The molecule has 0 aliphatic carbocycles. The molecule has 0 saturated heterocycles. The van der Waals surface area contributed by atoms with Gasteiger partial charge in [-0.05, 0) is 12.1 Å². The summed E-state index contributed by atoms with van der Waals surface area (Å²) in [6.07, 6.45) is 0.971. The quantitative estimate of drug-likeness (QED) is 0.718. The van der Waals surface area contributed by atoms with E-state index in [1.54, 1.807) is 0 Å². The van der Waals surface area contributed by atoms with Gasteiger partial charge >= 0.3 is 0 Å². The molecule has 0 radical (unpaired) electrons. The lowest BCUT2D eigenvalue weighted by atomic mass is 10.1. The zero-order valence-electron chi connectivity index (χ0n) is 6.34. The van der Waals surface area contributed by atoms with E-state index in [1.165, 1.54) is 5.56 Å². The van der Waals surface area contributed by atoms with Crippen LogP contribution in [0.5, 0.6) is 5.75 Å². The maximum Gasteiger partial charge on any atom is 0.145 e. The number of anilines is 1. The molecule has 0 bridgehead atoms. The van der Waals surface area contributed by atoms with Gasteiger partial charge in [0.05, 0.1) is 12.3 Å². The van der Waals surface area contributed by atoms with E-state index in [4.69, 9.17) is 10.5 Å². The molecule has 2 N–H and O–H groups in total. The first-order chi connectivity index (χ1) is 5.27. The zero-order valence-corrected chi connectivity index (χ0v) is 8.74. The molecule has 1 aliphatic rings. The number of rotatable bonds is 0. The van der Waals surface area contributed by atoms with E-state index in [-0.39, 0.29) is 12.4 Å². The van der Waals surface area contributed by atoms with E-state index < -0.39 is 0 Å². The molecule has 0 amide bonds. The monoisotopic (exact) mass is 249 g/mol. The van der Waals surface area contributed by atoms with Gasteiger partial charge in [0, 0.05) is 16.5 Å². The minimum Gasteiger partial charge on any atom is -0.491 e. The van der Waals surface area contributed by atoms with Crippen molar-refractivity contribution >= 4 is 34.0 Å². The number of nitrogens with two attached hydrogens (primary N) is 1. The number of benzene rings is 1. The lowest BCUT2D eigenvalue weighted by molar-refractivity contribution is 0.358. The van der Waals surface area contributed by atoms with E-state index in [2.05, 4.69) is 22.0 Å². The second-order valence-electron chi connectivity index (χ2n) is 2.58. The topological polar surface area (TPSA) is 35.2 Å². The largest absolute Gasteiger partial charge is 0.491 e. The maximum atomic E-state index is 5.72. The third-order valence-corrected chi connectivity index (χ3v) is 2.23. The van der Waals surface area contributed by atoms with Gasteiger partial charge in [-0.25, -0.2) is 0 Å². The van der Waals surface area contributed by atoms with Crippen LogP contribution in [0.25, 0.3) is 0 Å². The molecule has 2 rings (SSSR count). The number of hydrogen-bond acceptors (Lipinski definition) is 2. The molecule has 0 unspecified atom stereocenters. The summed E-state index contributed by atoms with van der Waals surface area (Å²) in [6, 6.07) is 3.92. The van der Waals surface area contributed by atoms with Crippen molar-refractivity contribution in [3.8, 4) is 5.75 Å². The minimum absolute atomic E-state index is 0. The molecule has 0 saturated carbocycles. The van der Waals surface area contributed by atoms with Gasteiger partial charge in [-0.2, -0.15) is 0 Å². The van der Waals surface area contributed by atoms with Gasteiger partial charge in [-0.3, -0.25) is 0 Å². The molecule has 1 aromatic rings. The van der Waals surface area contributed by atoms with Crippen molar-refractivity contribution in [3.05, 3.63) is 22.2 Å². The van der Waals surface area contributed by atoms with Gasteiger partial charge in [-0.15, -0.1) is 12.4 Å². The average molecular weight is 251 g/mol. The highest BCUT2D eigenvalue weighted by Gasteiger charge is 2.15. The Morgan fingerprint density at radius 1 is 1.42 bits per heavy atom. The van der Waals surface area contributed by atoms with Crippen LogP contribution in [0.2, 0.25) is 0 Å². The molecular formula is C8H9BrClNO. The minimum atomic E-state index is 0. The standard InChI is InChI=1S/C8H8BrNO.ClH/c9-6-3-5-1-2-11-8(5)7(10)4-6;/h3-4H,1-2,10H2;1H. The predicted molar refractivity (Wildman–Crippen MR) is 55.0 cm³/mol. The molecule has 0 atom stereocenters. The molecule has 0 aromatic heterocycles. The second kappa shape index (κ2) is 3.54. The summed E-state index contributed by atoms with van der Waals surface area (Å²) in [6.45, 7) is 0.760. The Kier molecular flexibility index (Phi) is 2.85. The Balaban J connectivity index is 0.000000720. The van der Waals surface area contributed by atoms with Crippen LogP contribution in [-0.2, 0) is 6.42 Å². The van der Waals surface area contributed by atoms with Crippen LogP contribution in [0.1, 0.15) is 5.56 Å². The van der Waals surface area contributed by atoms with Crippen molar-refractivity contribution in [2.24, 2.45) is 0 Å². The van der Waals surface area contributed by atoms with Crippen molar-refractivity contribution in [1.29, 1.82) is 0 Å². The molecule has 66 valence electrons. The highest BCUT2D eigenvalue weighted by Crippen LogP contribution is 2.34. The highest BCUT2D eigenvalue weighted by atomic mass is 79.9. The fourth-order valence-electron chi connectivity index (χ4n) is 1.30. The molecular weight excluding hydrogens is 241 g/mol. The molecule has 1 aromatic carbocycles. The van der Waals surface area contributed by atoms with Gasteiger partial charge < -0.3 is 10.5 Å². The number of nitrogen functional groups attached to an aromatic ring is 1. The number of hydrogen-bond donors (Lipinski definition) is 1. The highest BCUT2D eigenvalue weighted by molar-refractivity contribution is 9.10. The van der Waals surface area contributed by atoms with Crippen molar-refractivity contribution in [2.75, 3.05) is 12.3 Å². The van der Waals surface area contributed by atoms with Crippen molar-refractivity contribution in [2.45, 2.75) is 6.42 Å². The number of halogens is 2. The lowest BCUT2D eigenvalue weighted by Crippen LogP contribution is -1.91. The number of ether oxygens (including phenoxy) is 1. The van der Waals surface area contributed by atoms with Crippen LogP contribution in [-0.4, -0.2) is 6.61 Å². The van der Waals surface area contributed by atoms with Crippen LogP contribution in [0, 0.1) is 0 Å². The lowest BCUT2D eigenvalue weighted by Gasteiger charge is -2.02. The molecule has 0 spiro atoms. The Labute approximate surface area is 85.6 Å². The predicted octanol–water partition coefficient (Wildman–Crippen LogP) is 2.39. The Hall–Kier alpha value is -0.410. The van der Waals surface area contributed by atoms with Gasteiger partial charge in [0.25, 0.3) is 0 Å². The van der Waals surface area contributed by atoms with Gasteiger partial charge in [-0.1, -0.05) is 15.9 Å². The van der Waals surface area contributed by atoms with Crippen molar-refractivity contribution < 1.29 is 4.74 Å². The summed E-state index contributed by atoms with van der Waals surface area (Å²) in [5, 5.41) is 0. The third kappa shape index (κ3) is 1.52. The summed E-state index contributed by atoms with van der Waals surface area (Å²) < 4.78 is 6.37. The zero-order chi connectivity index (χ0) is 7.84. The third-order valence-electron chi connectivity index (χ3n) is 1.78. The fourth-order valence-corrected chi connectivity index (χ4v) is 1.82. The summed E-state index contributed by atoms with van der Waals surface area (Å²) in [5.41, 5.74) is 7.65. The average Bonchev–Trinajstić information content (AvgIpc) is 2.34. The van der Waals surface area contributed by atoms with E-state index in [0.717, 1.165) is 28.9 Å². The van der Waals surface area contributed by atoms with E-state index in [1.807, 2.05) is 6.07 Å². The van der Waals surface area contributed by atoms with Crippen LogP contribution >= 0.6 is 28.3 Å². The molecule has 2 nitrogen and oxygen atoms in total. The molecule has 1 aliphatic heterocycles.